The van der Waals surface area contributed by atoms with E-state index in [9.17, 15) is 18.4 Å². The van der Waals surface area contributed by atoms with Gasteiger partial charge in [0.1, 0.15) is 17.3 Å². The molecule has 1 aliphatic carbocycles. The van der Waals surface area contributed by atoms with Crippen molar-refractivity contribution in [3.8, 4) is 0 Å². The number of carbonyl (C=O) groups excluding carboxylic acids is 2. The first kappa shape index (κ1) is 32.1. The van der Waals surface area contributed by atoms with Gasteiger partial charge in [0.25, 0.3) is 5.91 Å². The van der Waals surface area contributed by atoms with E-state index in [0.29, 0.717) is 44.8 Å². The standard InChI is InChI=1S/C35H44F2N6O3/c1-4-27-23-42(33(45)34(13-7-14-34)28-10-9-25(36)20-29(28)37)18-19-43(27)30-11-15-35(46-5-2,24-8-6-16-38-21-24)40-31(30)32(44)39-26-12-17-41(3)22-26/h6,8-11,15-16,20-21,26-27,40H,4-5,7,12-14,17-19,22-23H2,1-3H3,(H,39,44)/t26-,27-,35?/m1/s1. The van der Waals surface area contributed by atoms with Crippen molar-refractivity contribution >= 4 is 11.8 Å². The van der Waals surface area contributed by atoms with E-state index in [1.54, 1.807) is 12.4 Å². The topological polar surface area (TPSA) is 90.0 Å². The van der Waals surface area contributed by atoms with Crippen LogP contribution in [0.1, 0.15) is 57.1 Å². The van der Waals surface area contributed by atoms with Gasteiger partial charge in [-0.15, -0.1) is 0 Å². The summed E-state index contributed by atoms with van der Waals surface area (Å²) in [5, 5.41) is 6.72. The molecule has 9 nitrogen and oxygen atoms in total. The van der Waals surface area contributed by atoms with Gasteiger partial charge in [0, 0.05) is 74.5 Å². The van der Waals surface area contributed by atoms with Crippen molar-refractivity contribution in [3.05, 3.63) is 89.0 Å². The highest BCUT2D eigenvalue weighted by Crippen LogP contribution is 2.47. The molecule has 1 aromatic carbocycles. The summed E-state index contributed by atoms with van der Waals surface area (Å²) in [5.74, 6) is -1.63. The molecule has 0 radical (unpaired) electrons. The van der Waals surface area contributed by atoms with Crippen LogP contribution >= 0.6 is 0 Å². The number of rotatable bonds is 9. The fourth-order valence-corrected chi connectivity index (χ4v) is 7.46. The Balaban J connectivity index is 1.29. The lowest BCUT2D eigenvalue weighted by Gasteiger charge is -2.49. The fraction of sp³-hybridized carbons (Fsp3) is 0.514. The first-order valence-corrected chi connectivity index (χ1v) is 16.5. The van der Waals surface area contributed by atoms with Crippen molar-refractivity contribution in [2.45, 2.75) is 69.2 Å². The molecule has 4 heterocycles. The van der Waals surface area contributed by atoms with Crippen molar-refractivity contribution in [3.63, 3.8) is 0 Å². The lowest BCUT2D eigenvalue weighted by atomic mass is 9.63. The number of halogens is 2. The summed E-state index contributed by atoms with van der Waals surface area (Å²) in [5.41, 5.74) is 0.160. The molecule has 1 unspecified atom stereocenters. The molecule has 2 aromatic rings. The molecule has 2 saturated heterocycles. The summed E-state index contributed by atoms with van der Waals surface area (Å²) in [7, 11) is 2.05. The molecule has 2 amide bonds. The van der Waals surface area contributed by atoms with E-state index >= 15 is 0 Å². The van der Waals surface area contributed by atoms with Crippen molar-refractivity contribution < 1.29 is 23.1 Å². The van der Waals surface area contributed by atoms with Crippen molar-refractivity contribution in [2.75, 3.05) is 46.4 Å². The molecular formula is C35H44F2N6O3. The number of amides is 2. The van der Waals surface area contributed by atoms with Gasteiger partial charge in [-0.3, -0.25) is 14.6 Å². The molecule has 246 valence electrons. The van der Waals surface area contributed by atoms with Crippen molar-refractivity contribution in [1.82, 2.24) is 30.3 Å². The zero-order chi connectivity index (χ0) is 32.5. The summed E-state index contributed by atoms with van der Waals surface area (Å²) >= 11 is 0. The summed E-state index contributed by atoms with van der Waals surface area (Å²) in [6.45, 7) is 7.41. The van der Waals surface area contributed by atoms with Crippen LogP contribution in [0.3, 0.4) is 0 Å². The number of nitrogens with zero attached hydrogens (tertiary/aromatic N) is 4. The second-order valence-corrected chi connectivity index (χ2v) is 12.9. The number of pyridine rings is 1. The van der Waals surface area contributed by atoms with Gasteiger partial charge in [-0.25, -0.2) is 8.78 Å². The maximum absolute atomic E-state index is 15.0. The number of allylic oxidation sites excluding steroid dienone is 1. The molecule has 4 aliphatic rings. The Kier molecular flexibility index (Phi) is 9.16. The Labute approximate surface area is 269 Å². The van der Waals surface area contributed by atoms with Crippen LogP contribution in [0.2, 0.25) is 0 Å². The van der Waals surface area contributed by atoms with Gasteiger partial charge in [0.15, 0.2) is 5.72 Å². The highest BCUT2D eigenvalue weighted by atomic mass is 19.1. The van der Waals surface area contributed by atoms with Gasteiger partial charge >= 0.3 is 0 Å². The lowest BCUT2D eigenvalue weighted by Crippen LogP contribution is -2.60. The third-order valence-corrected chi connectivity index (χ3v) is 10.1. The average molecular weight is 635 g/mol. The highest BCUT2D eigenvalue weighted by Gasteiger charge is 2.50. The Bertz CT molecular complexity index is 1510. The van der Waals surface area contributed by atoms with Crippen LogP contribution in [-0.2, 0) is 25.5 Å². The number of nitrogens with one attached hydrogen (secondary N) is 2. The summed E-state index contributed by atoms with van der Waals surface area (Å²) in [6.07, 6.45) is 10.8. The molecule has 6 rings (SSSR count). The zero-order valence-corrected chi connectivity index (χ0v) is 26.9. The summed E-state index contributed by atoms with van der Waals surface area (Å²) in [6, 6.07) is 7.24. The number of ether oxygens (including phenoxy) is 1. The number of carbonyl (C=O) groups is 2. The molecule has 0 spiro atoms. The minimum absolute atomic E-state index is 0.0285. The highest BCUT2D eigenvalue weighted by molar-refractivity contribution is 5.95. The number of likely N-dealkylation sites (N-methyl/N-ethyl adjacent to an activating group) is 1. The monoisotopic (exact) mass is 634 g/mol. The van der Waals surface area contributed by atoms with Crippen LogP contribution in [0, 0.1) is 11.6 Å². The third kappa shape index (κ3) is 5.90. The molecule has 0 bridgehead atoms. The first-order valence-electron chi connectivity index (χ1n) is 16.5. The van der Waals surface area contributed by atoms with E-state index in [0.717, 1.165) is 49.7 Å². The Morgan fingerprint density at radius 2 is 1.96 bits per heavy atom. The van der Waals surface area contributed by atoms with Crippen LogP contribution in [0.15, 0.2) is 66.3 Å². The zero-order valence-electron chi connectivity index (χ0n) is 26.9. The van der Waals surface area contributed by atoms with E-state index in [1.807, 2.05) is 43.2 Å². The number of aromatic nitrogens is 1. The van der Waals surface area contributed by atoms with Gasteiger partial charge in [-0.05, 0) is 70.5 Å². The lowest BCUT2D eigenvalue weighted by molar-refractivity contribution is -0.144. The predicted octanol–water partition coefficient (Wildman–Crippen LogP) is 3.79. The number of likely N-dealkylation sites (tertiary alicyclic amines) is 1. The molecule has 1 saturated carbocycles. The number of dihydropyridines is 1. The molecule has 3 fully saturated rings. The average Bonchev–Trinajstić information content (AvgIpc) is 3.45. The van der Waals surface area contributed by atoms with Crippen LogP contribution in [0.25, 0.3) is 0 Å². The third-order valence-electron chi connectivity index (χ3n) is 10.1. The molecule has 46 heavy (non-hydrogen) atoms. The normalized spacial score (nSPS) is 26.1. The van der Waals surface area contributed by atoms with Crippen LogP contribution in [-0.4, -0.2) is 90.0 Å². The second-order valence-electron chi connectivity index (χ2n) is 12.9. The Hall–Kier alpha value is -3.83. The number of benzene rings is 1. The molecule has 11 heteroatoms. The predicted molar refractivity (Wildman–Crippen MR) is 170 cm³/mol. The maximum Gasteiger partial charge on any atom is 0.269 e. The molecule has 3 aliphatic heterocycles. The van der Waals surface area contributed by atoms with Crippen LogP contribution in [0.5, 0.6) is 0 Å². The van der Waals surface area contributed by atoms with Gasteiger partial charge in [-0.2, -0.15) is 0 Å². The minimum atomic E-state index is -1.08. The second kappa shape index (κ2) is 13.1. The SMILES string of the molecule is CCOC1(c2cccnc2)C=CC(N2CCN(C(=O)C3(c4ccc(F)cc4F)CCC3)C[C@H]2CC)=C(C(=O)N[C@@H]2CCN(C)C2)N1. The molecule has 3 atom stereocenters. The largest absolute Gasteiger partial charge is 0.363 e. The fourth-order valence-electron chi connectivity index (χ4n) is 7.46. The van der Waals surface area contributed by atoms with Gasteiger partial charge < -0.3 is 30.1 Å². The van der Waals surface area contributed by atoms with E-state index in [2.05, 4.69) is 32.3 Å². The van der Waals surface area contributed by atoms with Crippen LogP contribution < -0.4 is 10.6 Å². The minimum Gasteiger partial charge on any atom is -0.363 e. The van der Waals surface area contributed by atoms with Crippen molar-refractivity contribution in [2.24, 2.45) is 0 Å². The van der Waals surface area contributed by atoms with Gasteiger partial charge in [-0.1, -0.05) is 25.5 Å². The number of piperazine rings is 1. The van der Waals surface area contributed by atoms with Gasteiger partial charge in [0.2, 0.25) is 5.91 Å². The summed E-state index contributed by atoms with van der Waals surface area (Å²) in [4.78, 5) is 38.7. The van der Waals surface area contributed by atoms with E-state index < -0.39 is 22.8 Å². The number of hydrogen-bond acceptors (Lipinski definition) is 7. The summed E-state index contributed by atoms with van der Waals surface area (Å²) < 4.78 is 35.0. The first-order chi connectivity index (χ1) is 22.2. The van der Waals surface area contributed by atoms with E-state index in [-0.39, 0.29) is 29.5 Å². The van der Waals surface area contributed by atoms with Crippen LogP contribution in [0.4, 0.5) is 8.78 Å². The smallest absolute Gasteiger partial charge is 0.269 e. The Morgan fingerprint density at radius 3 is 2.59 bits per heavy atom. The molecular weight excluding hydrogens is 590 g/mol. The van der Waals surface area contributed by atoms with E-state index in [1.165, 1.54) is 12.1 Å². The van der Waals surface area contributed by atoms with Gasteiger partial charge in [0.05, 0.1) is 11.1 Å². The molecule has 1 aromatic heterocycles. The molecule has 2 N–H and O–H groups in total. The van der Waals surface area contributed by atoms with E-state index in [4.69, 9.17) is 4.74 Å². The quantitative estimate of drug-likeness (QED) is 0.434. The number of hydrogen-bond donors (Lipinski definition) is 2. The van der Waals surface area contributed by atoms with Crippen molar-refractivity contribution in [1.29, 1.82) is 0 Å². The Morgan fingerprint density at radius 1 is 1.13 bits per heavy atom. The maximum atomic E-state index is 15.0.